The second-order valence-corrected chi connectivity index (χ2v) is 8.30. The van der Waals surface area contributed by atoms with E-state index in [0.717, 1.165) is 41.0 Å². The highest BCUT2D eigenvalue weighted by Gasteiger charge is 2.32. The highest BCUT2D eigenvalue weighted by Crippen LogP contribution is 2.35. The van der Waals surface area contributed by atoms with Crippen LogP contribution in [0.4, 0.5) is 17.1 Å². The topological polar surface area (TPSA) is 57.3 Å². The highest BCUT2D eigenvalue weighted by molar-refractivity contribution is 6.30. The molecule has 0 bridgehead atoms. The number of pyridine rings is 1. The lowest BCUT2D eigenvalue weighted by Gasteiger charge is -2.30. The van der Waals surface area contributed by atoms with E-state index < -0.39 is 0 Å². The number of carbonyl (C=O) groups is 1. The lowest BCUT2D eigenvalue weighted by atomic mass is 9.98. The minimum absolute atomic E-state index is 0.00222. The first kappa shape index (κ1) is 18.0. The predicted molar refractivity (Wildman–Crippen MR) is 117 cm³/mol. The molecule has 2 aliphatic heterocycles. The van der Waals surface area contributed by atoms with Gasteiger partial charge in [0.1, 0.15) is 5.66 Å². The first-order valence-electron chi connectivity index (χ1n) is 9.70. The second-order valence-electron chi connectivity index (χ2n) is 7.86. The molecule has 0 spiro atoms. The minimum atomic E-state index is -0.306. The van der Waals surface area contributed by atoms with Gasteiger partial charge in [-0.05, 0) is 60.9 Å². The van der Waals surface area contributed by atoms with Crippen LogP contribution < -0.4 is 15.5 Å². The molecule has 0 atom stereocenters. The first-order chi connectivity index (χ1) is 14.0. The fraction of sp³-hybridized carbons (Fsp3) is 0.217. The number of halogens is 1. The van der Waals surface area contributed by atoms with Crippen molar-refractivity contribution in [2.45, 2.75) is 25.4 Å². The van der Waals surface area contributed by atoms with Crippen LogP contribution in [0.15, 0.2) is 60.9 Å². The molecule has 2 aliphatic rings. The molecule has 5 rings (SSSR count). The normalized spacial score (nSPS) is 16.6. The Kier molecular flexibility index (Phi) is 4.21. The molecule has 3 heterocycles. The van der Waals surface area contributed by atoms with Crippen LogP contribution in [0, 0.1) is 0 Å². The summed E-state index contributed by atoms with van der Waals surface area (Å²) in [5, 5.41) is 7.77. The van der Waals surface area contributed by atoms with E-state index >= 15 is 0 Å². The van der Waals surface area contributed by atoms with E-state index in [9.17, 15) is 4.79 Å². The van der Waals surface area contributed by atoms with Gasteiger partial charge in [-0.2, -0.15) is 0 Å². The Morgan fingerprint density at radius 1 is 1.10 bits per heavy atom. The lowest BCUT2D eigenvalue weighted by molar-refractivity contribution is 0.0980. The Hall–Kier alpha value is -3.05. The van der Waals surface area contributed by atoms with Gasteiger partial charge in [0, 0.05) is 29.7 Å². The standard InChI is InChI=1S/C23H21ClN4O/c1-23(26-20-4-2-3-5-21(20)27-23)12-15-10-18(14-25-13-15)28-9-8-16-11-17(24)6-7-19(16)22(28)29/h2-7,10-11,13-14,26-27H,8-9,12H2,1H3. The number of amides is 1. The number of benzene rings is 2. The van der Waals surface area contributed by atoms with Gasteiger partial charge in [0.25, 0.3) is 5.91 Å². The third-order valence-electron chi connectivity index (χ3n) is 5.55. The molecule has 0 fully saturated rings. The van der Waals surface area contributed by atoms with Crippen molar-refractivity contribution >= 4 is 34.6 Å². The summed E-state index contributed by atoms with van der Waals surface area (Å²) in [5.74, 6) is -0.00222. The largest absolute Gasteiger partial charge is 0.361 e. The van der Waals surface area contributed by atoms with Crippen molar-refractivity contribution < 1.29 is 4.79 Å². The van der Waals surface area contributed by atoms with Gasteiger partial charge >= 0.3 is 0 Å². The summed E-state index contributed by atoms with van der Waals surface area (Å²) in [6, 6.07) is 15.7. The number of fused-ring (bicyclic) bond motifs is 2. The maximum atomic E-state index is 13.0. The molecular weight excluding hydrogens is 384 g/mol. The fourth-order valence-electron chi connectivity index (χ4n) is 4.24. The third kappa shape index (κ3) is 3.32. The minimum Gasteiger partial charge on any atom is -0.361 e. The summed E-state index contributed by atoms with van der Waals surface area (Å²) in [6.45, 7) is 2.75. The summed E-state index contributed by atoms with van der Waals surface area (Å²) in [7, 11) is 0. The second kappa shape index (κ2) is 6.78. The maximum Gasteiger partial charge on any atom is 0.258 e. The number of anilines is 3. The Morgan fingerprint density at radius 2 is 1.86 bits per heavy atom. The van der Waals surface area contributed by atoms with E-state index in [0.29, 0.717) is 17.1 Å². The summed E-state index contributed by atoms with van der Waals surface area (Å²) in [4.78, 5) is 19.2. The van der Waals surface area contributed by atoms with Crippen LogP contribution in [-0.4, -0.2) is 23.1 Å². The van der Waals surface area contributed by atoms with Crippen LogP contribution in [0.3, 0.4) is 0 Å². The SMILES string of the molecule is CC1(Cc2cncc(N3CCc4cc(Cl)ccc4C3=O)c2)Nc2ccccc2N1. The van der Waals surface area contributed by atoms with Gasteiger partial charge in [-0.15, -0.1) is 0 Å². The average molecular weight is 405 g/mol. The van der Waals surface area contributed by atoms with Gasteiger partial charge in [0.2, 0.25) is 0 Å². The van der Waals surface area contributed by atoms with E-state index in [1.54, 1.807) is 17.2 Å². The number of para-hydroxylation sites is 2. The Labute approximate surface area is 174 Å². The molecule has 2 aromatic carbocycles. The molecule has 6 heteroatoms. The van der Waals surface area contributed by atoms with E-state index in [1.807, 2.05) is 30.5 Å². The molecule has 0 saturated heterocycles. The van der Waals surface area contributed by atoms with Crippen LogP contribution in [0.5, 0.6) is 0 Å². The average Bonchev–Trinajstić information content (AvgIpc) is 3.04. The number of hydrogen-bond acceptors (Lipinski definition) is 4. The van der Waals surface area contributed by atoms with Crippen molar-refractivity contribution in [2.75, 3.05) is 22.1 Å². The summed E-state index contributed by atoms with van der Waals surface area (Å²) in [5.41, 5.74) is 5.50. The number of carbonyl (C=O) groups excluding carboxylic acids is 1. The zero-order valence-electron chi connectivity index (χ0n) is 16.1. The van der Waals surface area contributed by atoms with Gasteiger partial charge in [0.05, 0.1) is 23.3 Å². The van der Waals surface area contributed by atoms with Crippen LogP contribution >= 0.6 is 11.6 Å². The van der Waals surface area contributed by atoms with Crippen molar-refractivity contribution in [3.63, 3.8) is 0 Å². The van der Waals surface area contributed by atoms with Crippen molar-refractivity contribution in [1.29, 1.82) is 0 Å². The molecule has 0 saturated carbocycles. The third-order valence-corrected chi connectivity index (χ3v) is 5.78. The van der Waals surface area contributed by atoms with E-state index in [-0.39, 0.29) is 11.6 Å². The number of nitrogens with one attached hydrogen (secondary N) is 2. The fourth-order valence-corrected chi connectivity index (χ4v) is 4.44. The zero-order chi connectivity index (χ0) is 20.0. The molecule has 0 aliphatic carbocycles. The Morgan fingerprint density at radius 3 is 2.62 bits per heavy atom. The number of hydrogen-bond donors (Lipinski definition) is 2. The first-order valence-corrected chi connectivity index (χ1v) is 10.1. The maximum absolute atomic E-state index is 13.0. The number of rotatable bonds is 3. The van der Waals surface area contributed by atoms with E-state index in [2.05, 4.69) is 40.7 Å². The lowest BCUT2D eigenvalue weighted by Crippen LogP contribution is -2.41. The number of nitrogens with zero attached hydrogens (tertiary/aromatic N) is 2. The summed E-state index contributed by atoms with van der Waals surface area (Å²) in [6.07, 6.45) is 5.14. The van der Waals surface area contributed by atoms with Gasteiger partial charge in [-0.25, -0.2) is 0 Å². The quantitative estimate of drug-likeness (QED) is 0.662. The molecule has 146 valence electrons. The molecule has 3 aromatic rings. The van der Waals surface area contributed by atoms with Crippen molar-refractivity contribution in [2.24, 2.45) is 0 Å². The van der Waals surface area contributed by atoms with E-state index in [1.165, 1.54) is 0 Å². The van der Waals surface area contributed by atoms with Crippen LogP contribution in [0.25, 0.3) is 0 Å². The highest BCUT2D eigenvalue weighted by atomic mass is 35.5. The van der Waals surface area contributed by atoms with Gasteiger partial charge in [0.15, 0.2) is 0 Å². The molecule has 2 N–H and O–H groups in total. The molecule has 0 radical (unpaired) electrons. The Balaban J connectivity index is 1.38. The van der Waals surface area contributed by atoms with Gasteiger partial charge in [-0.1, -0.05) is 23.7 Å². The van der Waals surface area contributed by atoms with Crippen molar-refractivity contribution in [1.82, 2.24) is 4.98 Å². The molecule has 29 heavy (non-hydrogen) atoms. The summed E-state index contributed by atoms with van der Waals surface area (Å²) < 4.78 is 0. The van der Waals surface area contributed by atoms with Gasteiger partial charge < -0.3 is 15.5 Å². The van der Waals surface area contributed by atoms with E-state index in [4.69, 9.17) is 11.6 Å². The molecule has 1 aromatic heterocycles. The smallest absolute Gasteiger partial charge is 0.258 e. The molecule has 0 unspecified atom stereocenters. The monoisotopic (exact) mass is 404 g/mol. The molecular formula is C23H21ClN4O. The molecule has 1 amide bonds. The van der Waals surface area contributed by atoms with Crippen LogP contribution in [0.1, 0.15) is 28.4 Å². The zero-order valence-corrected chi connectivity index (χ0v) is 16.8. The molecule has 5 nitrogen and oxygen atoms in total. The number of aromatic nitrogens is 1. The van der Waals surface area contributed by atoms with Crippen LogP contribution in [-0.2, 0) is 12.8 Å². The van der Waals surface area contributed by atoms with Gasteiger partial charge in [-0.3, -0.25) is 9.78 Å². The predicted octanol–water partition coefficient (Wildman–Crippen LogP) is 4.73. The van der Waals surface area contributed by atoms with Crippen LogP contribution in [0.2, 0.25) is 5.02 Å². The summed E-state index contributed by atoms with van der Waals surface area (Å²) >= 11 is 6.08. The van der Waals surface area contributed by atoms with Crippen molar-refractivity contribution in [3.8, 4) is 0 Å². The Bertz CT molecular complexity index is 1090. The van der Waals surface area contributed by atoms with Crippen molar-refractivity contribution in [3.05, 3.63) is 82.6 Å².